The molecular formula is C22H28ClN3O. The van der Waals surface area contributed by atoms with Gasteiger partial charge in [-0.3, -0.25) is 0 Å². The van der Waals surface area contributed by atoms with Crippen molar-refractivity contribution in [2.75, 3.05) is 45.0 Å². The largest absolute Gasteiger partial charge is 0.497 e. The van der Waals surface area contributed by atoms with Crippen LogP contribution in [0, 0.1) is 0 Å². The molecule has 0 aliphatic carbocycles. The van der Waals surface area contributed by atoms with Crippen molar-refractivity contribution in [2.24, 2.45) is 0 Å². The molecule has 0 bridgehead atoms. The van der Waals surface area contributed by atoms with Gasteiger partial charge in [0.2, 0.25) is 0 Å². The maximum Gasteiger partial charge on any atom is 0.119 e. The summed E-state index contributed by atoms with van der Waals surface area (Å²) in [4.78, 5) is 7.08. The summed E-state index contributed by atoms with van der Waals surface area (Å²) in [5.41, 5.74) is 3.15. The van der Waals surface area contributed by atoms with Crippen molar-refractivity contribution in [1.82, 2.24) is 9.88 Å². The van der Waals surface area contributed by atoms with E-state index in [1.54, 1.807) is 7.11 Å². The molecule has 0 fully saturated rings. The van der Waals surface area contributed by atoms with E-state index in [4.69, 9.17) is 21.3 Å². The van der Waals surface area contributed by atoms with Crippen LogP contribution in [0.25, 0.3) is 21.8 Å². The number of nitrogens with zero attached hydrogens (tertiary/aromatic N) is 2. The number of aromatic nitrogens is 1. The lowest BCUT2D eigenvalue weighted by molar-refractivity contribution is 0.344. The molecule has 27 heavy (non-hydrogen) atoms. The molecule has 0 saturated heterocycles. The average Bonchev–Trinajstić information content (AvgIpc) is 2.69. The van der Waals surface area contributed by atoms with Crippen LogP contribution >= 0.6 is 11.6 Å². The lowest BCUT2D eigenvalue weighted by Gasteiger charge is -2.15. The molecular weight excluding hydrogens is 358 g/mol. The summed E-state index contributed by atoms with van der Waals surface area (Å²) in [6.07, 6.45) is 3.53. The van der Waals surface area contributed by atoms with Crippen LogP contribution in [0.3, 0.4) is 0 Å². The Hall–Kier alpha value is -2.04. The van der Waals surface area contributed by atoms with Gasteiger partial charge in [0.1, 0.15) is 5.75 Å². The van der Waals surface area contributed by atoms with Gasteiger partial charge in [-0.25, -0.2) is 4.98 Å². The van der Waals surface area contributed by atoms with Crippen molar-refractivity contribution < 1.29 is 4.74 Å². The van der Waals surface area contributed by atoms with Crippen LogP contribution in [-0.4, -0.2) is 49.6 Å². The second-order valence-electron chi connectivity index (χ2n) is 6.87. The van der Waals surface area contributed by atoms with E-state index < -0.39 is 0 Å². The van der Waals surface area contributed by atoms with Gasteiger partial charge >= 0.3 is 0 Å². The number of hydrogen-bond donors (Lipinski definition) is 1. The maximum atomic E-state index is 5.78. The number of ether oxygens (including phenoxy) is 1. The molecule has 5 heteroatoms. The minimum absolute atomic E-state index is 0.698. The molecule has 0 aliphatic heterocycles. The first kappa shape index (κ1) is 19.7. The van der Waals surface area contributed by atoms with E-state index in [1.165, 1.54) is 12.8 Å². The Morgan fingerprint density at radius 2 is 1.81 bits per heavy atom. The highest BCUT2D eigenvalue weighted by molar-refractivity contribution is 6.18. The highest BCUT2D eigenvalue weighted by atomic mass is 35.5. The van der Waals surface area contributed by atoms with Crippen molar-refractivity contribution in [3.63, 3.8) is 0 Å². The fourth-order valence-electron chi connectivity index (χ4n) is 3.34. The van der Waals surface area contributed by atoms with Crippen molar-refractivity contribution in [2.45, 2.75) is 19.3 Å². The van der Waals surface area contributed by atoms with Crippen LogP contribution in [0.15, 0.2) is 42.5 Å². The third-order valence-corrected chi connectivity index (χ3v) is 5.04. The highest BCUT2D eigenvalue weighted by Gasteiger charge is 2.09. The number of fused-ring (bicyclic) bond motifs is 2. The minimum atomic E-state index is 0.698. The van der Waals surface area contributed by atoms with Crippen LogP contribution in [0.4, 0.5) is 5.69 Å². The highest BCUT2D eigenvalue weighted by Crippen LogP contribution is 2.32. The number of methoxy groups -OCH3 is 1. The van der Waals surface area contributed by atoms with E-state index in [0.717, 1.165) is 59.3 Å². The Bertz CT molecular complexity index is 884. The topological polar surface area (TPSA) is 37.4 Å². The molecule has 3 rings (SSSR count). The Morgan fingerprint density at radius 3 is 2.63 bits per heavy atom. The van der Waals surface area contributed by atoms with Gasteiger partial charge < -0.3 is 15.0 Å². The van der Waals surface area contributed by atoms with Gasteiger partial charge in [-0.1, -0.05) is 24.6 Å². The molecule has 0 atom stereocenters. The standard InChI is InChI=1S/C22H28ClN3O/c1-26(15-12-23)14-7-3-6-13-24-22-18-8-4-5-9-20(18)25-21-11-10-17(27-2)16-19(21)22/h4-5,8-11,16H,3,6-7,12-15H2,1-2H3,(H,24,25). The summed E-state index contributed by atoms with van der Waals surface area (Å²) >= 11 is 5.78. The number of halogens is 1. The Morgan fingerprint density at radius 1 is 1.00 bits per heavy atom. The number of benzene rings is 2. The molecule has 0 spiro atoms. The zero-order chi connectivity index (χ0) is 19.1. The van der Waals surface area contributed by atoms with Gasteiger partial charge in [0.05, 0.1) is 23.8 Å². The molecule has 1 N–H and O–H groups in total. The molecule has 3 aromatic rings. The van der Waals surface area contributed by atoms with Gasteiger partial charge in [-0.05, 0) is 50.7 Å². The number of anilines is 1. The zero-order valence-electron chi connectivity index (χ0n) is 16.2. The molecule has 0 saturated carbocycles. The summed E-state index contributed by atoms with van der Waals surface area (Å²) in [7, 11) is 3.83. The van der Waals surface area contributed by atoms with Crippen LogP contribution in [-0.2, 0) is 0 Å². The van der Waals surface area contributed by atoms with E-state index >= 15 is 0 Å². The second kappa shape index (κ2) is 9.77. The maximum absolute atomic E-state index is 5.78. The summed E-state index contributed by atoms with van der Waals surface area (Å²) in [5, 5.41) is 5.92. The van der Waals surface area contributed by atoms with E-state index in [9.17, 15) is 0 Å². The SMILES string of the molecule is COc1ccc2nc3ccccc3c(NCCCCCN(C)CCCl)c2c1. The molecule has 4 nitrogen and oxygen atoms in total. The van der Waals surface area contributed by atoms with Gasteiger partial charge in [-0.15, -0.1) is 11.6 Å². The summed E-state index contributed by atoms with van der Waals surface area (Å²) < 4.78 is 5.42. The van der Waals surface area contributed by atoms with Crippen LogP contribution < -0.4 is 10.1 Å². The number of alkyl halides is 1. The number of rotatable bonds is 10. The number of para-hydroxylation sites is 1. The van der Waals surface area contributed by atoms with Crippen LogP contribution in [0.1, 0.15) is 19.3 Å². The Balaban J connectivity index is 1.71. The van der Waals surface area contributed by atoms with Gasteiger partial charge in [0.25, 0.3) is 0 Å². The average molecular weight is 386 g/mol. The van der Waals surface area contributed by atoms with Crippen LogP contribution in [0.5, 0.6) is 5.75 Å². The molecule has 0 unspecified atom stereocenters. The van der Waals surface area contributed by atoms with Crippen molar-refractivity contribution >= 4 is 39.1 Å². The molecule has 0 aliphatic rings. The predicted octanol–water partition coefficient (Wildman–Crippen LogP) is 5.15. The minimum Gasteiger partial charge on any atom is -0.497 e. The van der Waals surface area contributed by atoms with Crippen LogP contribution in [0.2, 0.25) is 0 Å². The molecule has 2 aromatic carbocycles. The smallest absolute Gasteiger partial charge is 0.119 e. The molecule has 0 radical (unpaired) electrons. The quantitative estimate of drug-likeness (QED) is 0.297. The number of pyridine rings is 1. The number of hydrogen-bond acceptors (Lipinski definition) is 4. The summed E-state index contributed by atoms with van der Waals surface area (Å²) in [6.45, 7) is 3.00. The van der Waals surface area contributed by atoms with E-state index in [0.29, 0.717) is 5.88 Å². The lowest BCUT2D eigenvalue weighted by atomic mass is 10.1. The predicted molar refractivity (Wildman–Crippen MR) is 116 cm³/mol. The third kappa shape index (κ3) is 5.02. The summed E-state index contributed by atoms with van der Waals surface area (Å²) in [6, 6.07) is 14.4. The Labute approximate surface area is 166 Å². The fraction of sp³-hybridized carbons (Fsp3) is 0.409. The molecule has 144 valence electrons. The second-order valence-corrected chi connectivity index (χ2v) is 7.24. The van der Waals surface area contributed by atoms with E-state index in [2.05, 4.69) is 41.5 Å². The van der Waals surface area contributed by atoms with E-state index in [-0.39, 0.29) is 0 Å². The first-order valence-corrected chi connectivity index (χ1v) is 10.1. The van der Waals surface area contributed by atoms with Crippen molar-refractivity contribution in [3.8, 4) is 5.75 Å². The molecule has 0 amide bonds. The first-order valence-electron chi connectivity index (χ1n) is 9.58. The monoisotopic (exact) mass is 385 g/mol. The molecule has 1 heterocycles. The Kier molecular flexibility index (Phi) is 7.13. The van der Waals surface area contributed by atoms with Gasteiger partial charge in [-0.2, -0.15) is 0 Å². The zero-order valence-corrected chi connectivity index (χ0v) is 16.9. The van der Waals surface area contributed by atoms with Crippen molar-refractivity contribution in [1.29, 1.82) is 0 Å². The number of unbranched alkanes of at least 4 members (excludes halogenated alkanes) is 2. The first-order chi connectivity index (χ1) is 13.2. The van der Waals surface area contributed by atoms with Gasteiger partial charge in [0, 0.05) is 29.7 Å². The summed E-state index contributed by atoms with van der Waals surface area (Å²) in [5.74, 6) is 1.55. The number of nitrogens with one attached hydrogen (secondary N) is 1. The normalized spacial score (nSPS) is 11.4. The van der Waals surface area contributed by atoms with E-state index in [1.807, 2.05) is 18.2 Å². The third-order valence-electron chi connectivity index (χ3n) is 4.87. The van der Waals surface area contributed by atoms with Gasteiger partial charge in [0.15, 0.2) is 0 Å². The van der Waals surface area contributed by atoms with Crippen molar-refractivity contribution in [3.05, 3.63) is 42.5 Å². The molecule has 1 aromatic heterocycles. The fourth-order valence-corrected chi connectivity index (χ4v) is 3.63. The lowest BCUT2D eigenvalue weighted by Crippen LogP contribution is -2.21.